The van der Waals surface area contributed by atoms with Gasteiger partial charge in [0.1, 0.15) is 5.84 Å². The Morgan fingerprint density at radius 2 is 1.45 bits per heavy atom. The fourth-order valence-electron chi connectivity index (χ4n) is 2.78. The van der Waals surface area contributed by atoms with E-state index >= 15 is 0 Å². The Kier molecular flexibility index (Phi) is 6.49. The smallest absolute Gasteiger partial charge is 0.338 e. The van der Waals surface area contributed by atoms with E-state index in [0.717, 1.165) is 18.2 Å². The third-order valence-electron chi connectivity index (χ3n) is 4.26. The monoisotopic (exact) mass is 427 g/mol. The highest BCUT2D eigenvalue weighted by atomic mass is 19.4. The van der Waals surface area contributed by atoms with E-state index in [4.69, 9.17) is 5.41 Å². The van der Waals surface area contributed by atoms with E-state index in [1.165, 1.54) is 36.4 Å². The van der Waals surface area contributed by atoms with E-state index in [1.54, 1.807) is 30.3 Å². The maximum atomic E-state index is 14.7. The number of hydrogen-bond acceptors (Lipinski definition) is 2. The van der Waals surface area contributed by atoms with Gasteiger partial charge < -0.3 is 10.6 Å². The topological polar surface area (TPSA) is 65.0 Å². The minimum atomic E-state index is -4.56. The standard InChI is InChI=1S/C23H17F4N3O/c24-21-18(11-6-12-19(21)30-22(28)16-8-2-1-3-9-16)29-20(31)14-13-15-7-4-5-10-17(15)23(25,26)27/h1-14H,(H2,28,30)(H,29,31)/b14-13+. The van der Waals surface area contributed by atoms with Crippen LogP contribution in [0, 0.1) is 11.2 Å². The molecule has 158 valence electrons. The average Bonchev–Trinajstić information content (AvgIpc) is 2.75. The number of nitrogens with one attached hydrogen (secondary N) is 3. The van der Waals surface area contributed by atoms with Crippen LogP contribution in [0.4, 0.5) is 28.9 Å². The molecule has 0 spiro atoms. The van der Waals surface area contributed by atoms with E-state index in [1.807, 2.05) is 0 Å². The van der Waals surface area contributed by atoms with Crippen LogP contribution < -0.4 is 10.6 Å². The summed E-state index contributed by atoms with van der Waals surface area (Å²) in [5.41, 5.74) is -0.724. The summed E-state index contributed by atoms with van der Waals surface area (Å²) in [6.45, 7) is 0. The molecule has 31 heavy (non-hydrogen) atoms. The number of benzene rings is 3. The predicted molar refractivity (Wildman–Crippen MR) is 112 cm³/mol. The Balaban J connectivity index is 1.74. The van der Waals surface area contributed by atoms with Crippen LogP contribution in [-0.4, -0.2) is 11.7 Å². The first-order valence-electron chi connectivity index (χ1n) is 9.10. The van der Waals surface area contributed by atoms with Crippen molar-refractivity contribution in [2.24, 2.45) is 0 Å². The van der Waals surface area contributed by atoms with E-state index < -0.39 is 23.5 Å². The highest BCUT2D eigenvalue weighted by Gasteiger charge is 2.32. The van der Waals surface area contributed by atoms with Crippen molar-refractivity contribution in [2.75, 3.05) is 10.6 Å². The zero-order chi connectivity index (χ0) is 22.4. The van der Waals surface area contributed by atoms with Gasteiger partial charge in [-0.05, 0) is 29.8 Å². The van der Waals surface area contributed by atoms with Gasteiger partial charge in [-0.25, -0.2) is 4.39 Å². The first-order chi connectivity index (χ1) is 14.8. The van der Waals surface area contributed by atoms with Gasteiger partial charge in [0.05, 0.1) is 16.9 Å². The SMILES string of the molecule is N=C(Nc1cccc(NC(=O)/C=C/c2ccccc2C(F)(F)F)c1F)c1ccccc1. The molecule has 3 aromatic rings. The Morgan fingerprint density at radius 3 is 2.13 bits per heavy atom. The summed E-state index contributed by atoms with van der Waals surface area (Å²) in [7, 11) is 0. The Morgan fingerprint density at radius 1 is 0.839 bits per heavy atom. The first-order valence-corrected chi connectivity index (χ1v) is 9.10. The summed E-state index contributed by atoms with van der Waals surface area (Å²) in [4.78, 5) is 12.1. The van der Waals surface area contributed by atoms with Crippen LogP contribution in [0.2, 0.25) is 0 Å². The Labute approximate surface area is 175 Å². The van der Waals surface area contributed by atoms with Crippen molar-refractivity contribution in [3.63, 3.8) is 0 Å². The van der Waals surface area contributed by atoms with Gasteiger partial charge >= 0.3 is 6.18 Å². The van der Waals surface area contributed by atoms with Crippen LogP contribution in [0.1, 0.15) is 16.7 Å². The van der Waals surface area contributed by atoms with E-state index in [2.05, 4.69) is 10.6 Å². The second-order valence-electron chi connectivity index (χ2n) is 6.44. The molecule has 8 heteroatoms. The molecular weight excluding hydrogens is 410 g/mol. The largest absolute Gasteiger partial charge is 0.416 e. The van der Waals surface area contributed by atoms with Crippen LogP contribution >= 0.6 is 0 Å². The van der Waals surface area contributed by atoms with E-state index in [9.17, 15) is 22.4 Å². The molecule has 3 rings (SSSR count). The number of carbonyl (C=O) groups excluding carboxylic acids is 1. The highest BCUT2D eigenvalue weighted by Crippen LogP contribution is 2.32. The van der Waals surface area contributed by atoms with Crippen molar-refractivity contribution in [1.82, 2.24) is 0 Å². The fraction of sp³-hybridized carbons (Fsp3) is 0.0435. The van der Waals surface area contributed by atoms with Crippen molar-refractivity contribution in [2.45, 2.75) is 6.18 Å². The van der Waals surface area contributed by atoms with E-state index in [-0.39, 0.29) is 22.8 Å². The summed E-state index contributed by atoms with van der Waals surface area (Å²) >= 11 is 0. The maximum absolute atomic E-state index is 14.7. The lowest BCUT2D eigenvalue weighted by molar-refractivity contribution is -0.137. The molecule has 0 bridgehead atoms. The lowest BCUT2D eigenvalue weighted by Gasteiger charge is -2.12. The number of carbonyl (C=O) groups is 1. The van der Waals surface area contributed by atoms with Gasteiger partial charge in [0.25, 0.3) is 0 Å². The van der Waals surface area contributed by atoms with Crippen molar-refractivity contribution in [1.29, 1.82) is 5.41 Å². The van der Waals surface area contributed by atoms with Crippen LogP contribution in [0.25, 0.3) is 6.08 Å². The van der Waals surface area contributed by atoms with Gasteiger partial charge in [0.2, 0.25) is 5.91 Å². The quantitative estimate of drug-likeness (QED) is 0.204. The van der Waals surface area contributed by atoms with Gasteiger partial charge in [-0.2, -0.15) is 13.2 Å². The molecule has 0 atom stereocenters. The molecule has 0 heterocycles. The van der Waals surface area contributed by atoms with Crippen molar-refractivity contribution >= 4 is 29.2 Å². The summed E-state index contributed by atoms with van der Waals surface area (Å²) in [6, 6.07) is 17.6. The molecule has 0 fully saturated rings. The molecule has 3 N–H and O–H groups in total. The number of anilines is 2. The van der Waals surface area contributed by atoms with Gasteiger partial charge in [-0.15, -0.1) is 0 Å². The predicted octanol–water partition coefficient (Wildman–Crippen LogP) is 5.93. The van der Waals surface area contributed by atoms with Crippen molar-refractivity contribution in [3.8, 4) is 0 Å². The molecule has 3 aromatic carbocycles. The zero-order valence-electron chi connectivity index (χ0n) is 16.0. The zero-order valence-corrected chi connectivity index (χ0v) is 16.0. The minimum Gasteiger partial charge on any atom is -0.338 e. The second kappa shape index (κ2) is 9.25. The first kappa shape index (κ1) is 21.8. The van der Waals surface area contributed by atoms with Crippen LogP contribution in [0.5, 0.6) is 0 Å². The average molecular weight is 427 g/mol. The number of alkyl halides is 3. The summed E-state index contributed by atoms with van der Waals surface area (Å²) in [6.07, 6.45) is -2.65. The van der Waals surface area contributed by atoms with Crippen molar-refractivity contribution in [3.05, 3.63) is 101 Å². The molecule has 0 radical (unpaired) electrons. The van der Waals surface area contributed by atoms with Crippen LogP contribution in [0.15, 0.2) is 78.9 Å². The normalized spacial score (nSPS) is 11.4. The number of amidine groups is 1. The fourth-order valence-corrected chi connectivity index (χ4v) is 2.78. The lowest BCUT2D eigenvalue weighted by atomic mass is 10.1. The minimum absolute atomic E-state index is 0.0296. The second-order valence-corrected chi connectivity index (χ2v) is 6.44. The molecule has 1 amide bonds. The summed E-state index contributed by atoms with van der Waals surface area (Å²) in [5, 5.41) is 13.0. The van der Waals surface area contributed by atoms with Gasteiger partial charge in [-0.3, -0.25) is 10.2 Å². The van der Waals surface area contributed by atoms with Gasteiger partial charge in [0, 0.05) is 11.6 Å². The summed E-state index contributed by atoms with van der Waals surface area (Å²) in [5.74, 6) is -1.64. The Hall–Kier alpha value is -3.94. The molecule has 0 aliphatic carbocycles. The summed E-state index contributed by atoms with van der Waals surface area (Å²) < 4.78 is 53.9. The van der Waals surface area contributed by atoms with Gasteiger partial charge in [-0.1, -0.05) is 54.6 Å². The molecule has 0 saturated carbocycles. The number of halogens is 4. The molecule has 4 nitrogen and oxygen atoms in total. The number of amides is 1. The molecule has 0 aromatic heterocycles. The lowest BCUT2D eigenvalue weighted by Crippen LogP contribution is -2.15. The Bertz CT molecular complexity index is 1130. The highest BCUT2D eigenvalue weighted by molar-refractivity contribution is 6.07. The molecule has 0 aliphatic heterocycles. The van der Waals surface area contributed by atoms with E-state index in [0.29, 0.717) is 5.56 Å². The molecule has 0 aliphatic rings. The number of hydrogen-bond donors (Lipinski definition) is 3. The molecule has 0 unspecified atom stereocenters. The van der Waals surface area contributed by atoms with Crippen molar-refractivity contribution < 1.29 is 22.4 Å². The third-order valence-corrected chi connectivity index (χ3v) is 4.26. The van der Waals surface area contributed by atoms with Crippen LogP contribution in [-0.2, 0) is 11.0 Å². The molecule has 0 saturated heterocycles. The third kappa shape index (κ3) is 5.57. The maximum Gasteiger partial charge on any atom is 0.416 e. The number of rotatable bonds is 5. The van der Waals surface area contributed by atoms with Gasteiger partial charge in [0.15, 0.2) is 5.82 Å². The molecular formula is C23H17F4N3O. The van der Waals surface area contributed by atoms with Crippen LogP contribution in [0.3, 0.4) is 0 Å².